The van der Waals surface area contributed by atoms with Crippen LogP contribution in [0.2, 0.25) is 0 Å². The number of hydrogen-bond donors (Lipinski definition) is 1. The van der Waals surface area contributed by atoms with Crippen molar-refractivity contribution in [2.45, 2.75) is 38.6 Å². The molecule has 0 radical (unpaired) electrons. The standard InChI is InChI=1S/C11H17ClN2/c1-8(12)7-10(3)14-11-6-4-5-9(2)13-11/h4-6,8,10H,7H2,1-3H3,(H,13,14). The van der Waals surface area contributed by atoms with Gasteiger partial charge in [0.2, 0.25) is 0 Å². The highest BCUT2D eigenvalue weighted by Gasteiger charge is 2.06. The second-order valence-electron chi connectivity index (χ2n) is 3.73. The Hall–Kier alpha value is -0.760. The maximum absolute atomic E-state index is 5.91. The lowest BCUT2D eigenvalue weighted by Crippen LogP contribution is -2.19. The molecule has 14 heavy (non-hydrogen) atoms. The maximum atomic E-state index is 5.91. The van der Waals surface area contributed by atoms with E-state index in [1.807, 2.05) is 32.0 Å². The summed E-state index contributed by atoms with van der Waals surface area (Å²) in [5, 5.41) is 3.52. The summed E-state index contributed by atoms with van der Waals surface area (Å²) >= 11 is 5.91. The van der Waals surface area contributed by atoms with E-state index < -0.39 is 0 Å². The lowest BCUT2D eigenvalue weighted by atomic mass is 10.2. The first-order valence-electron chi connectivity index (χ1n) is 4.92. The van der Waals surface area contributed by atoms with Crippen LogP contribution in [0, 0.1) is 6.92 Å². The van der Waals surface area contributed by atoms with Crippen molar-refractivity contribution in [1.29, 1.82) is 0 Å². The number of pyridine rings is 1. The Morgan fingerprint density at radius 3 is 2.71 bits per heavy atom. The van der Waals surface area contributed by atoms with Gasteiger partial charge < -0.3 is 5.32 Å². The zero-order valence-electron chi connectivity index (χ0n) is 8.92. The van der Waals surface area contributed by atoms with Gasteiger partial charge in [0.1, 0.15) is 5.82 Å². The van der Waals surface area contributed by atoms with Gasteiger partial charge in [0.05, 0.1) is 0 Å². The molecule has 0 saturated heterocycles. The molecule has 1 N–H and O–H groups in total. The van der Waals surface area contributed by atoms with Crippen LogP contribution < -0.4 is 5.32 Å². The average molecular weight is 213 g/mol. The van der Waals surface area contributed by atoms with E-state index in [1.54, 1.807) is 0 Å². The number of anilines is 1. The molecule has 3 heteroatoms. The summed E-state index contributed by atoms with van der Waals surface area (Å²) in [5.41, 5.74) is 1.03. The van der Waals surface area contributed by atoms with Crippen LogP contribution in [0.25, 0.3) is 0 Å². The van der Waals surface area contributed by atoms with Crippen LogP contribution in [0.4, 0.5) is 5.82 Å². The molecule has 78 valence electrons. The molecule has 0 fully saturated rings. The first-order valence-corrected chi connectivity index (χ1v) is 5.36. The van der Waals surface area contributed by atoms with Crippen molar-refractivity contribution in [2.24, 2.45) is 0 Å². The van der Waals surface area contributed by atoms with E-state index in [9.17, 15) is 0 Å². The van der Waals surface area contributed by atoms with E-state index >= 15 is 0 Å². The van der Waals surface area contributed by atoms with Crippen LogP contribution in [-0.4, -0.2) is 16.4 Å². The highest BCUT2D eigenvalue weighted by atomic mass is 35.5. The van der Waals surface area contributed by atoms with Gasteiger partial charge in [-0.25, -0.2) is 4.98 Å². The second kappa shape index (κ2) is 5.20. The zero-order chi connectivity index (χ0) is 10.6. The fourth-order valence-corrected chi connectivity index (χ4v) is 1.69. The fraction of sp³-hybridized carbons (Fsp3) is 0.545. The monoisotopic (exact) mass is 212 g/mol. The molecule has 0 aliphatic rings. The van der Waals surface area contributed by atoms with Crippen molar-refractivity contribution in [3.8, 4) is 0 Å². The van der Waals surface area contributed by atoms with Gasteiger partial charge in [0.15, 0.2) is 0 Å². The third-order valence-electron chi connectivity index (χ3n) is 1.96. The van der Waals surface area contributed by atoms with Gasteiger partial charge >= 0.3 is 0 Å². The fourth-order valence-electron chi connectivity index (χ4n) is 1.42. The van der Waals surface area contributed by atoms with Crippen LogP contribution in [0.5, 0.6) is 0 Å². The van der Waals surface area contributed by atoms with Gasteiger partial charge in [0.25, 0.3) is 0 Å². The molecule has 1 aromatic rings. The molecule has 2 nitrogen and oxygen atoms in total. The molecule has 0 saturated carbocycles. The van der Waals surface area contributed by atoms with Gasteiger partial charge in [-0.1, -0.05) is 6.07 Å². The third-order valence-corrected chi connectivity index (χ3v) is 2.14. The Balaban J connectivity index is 2.51. The normalized spacial score (nSPS) is 14.9. The number of halogens is 1. The van der Waals surface area contributed by atoms with E-state index in [0.29, 0.717) is 6.04 Å². The number of alkyl halides is 1. The van der Waals surface area contributed by atoms with E-state index in [-0.39, 0.29) is 5.38 Å². The van der Waals surface area contributed by atoms with Crippen molar-refractivity contribution >= 4 is 17.4 Å². The molecular weight excluding hydrogens is 196 g/mol. The predicted molar refractivity (Wildman–Crippen MR) is 62.0 cm³/mol. The molecular formula is C11H17ClN2. The van der Waals surface area contributed by atoms with Crippen molar-refractivity contribution in [1.82, 2.24) is 4.98 Å². The van der Waals surface area contributed by atoms with Crippen molar-refractivity contribution < 1.29 is 0 Å². The van der Waals surface area contributed by atoms with E-state index in [4.69, 9.17) is 11.6 Å². The topological polar surface area (TPSA) is 24.9 Å². The van der Waals surface area contributed by atoms with E-state index in [2.05, 4.69) is 17.2 Å². The summed E-state index contributed by atoms with van der Waals surface area (Å²) in [5.74, 6) is 0.926. The van der Waals surface area contributed by atoms with Crippen LogP contribution >= 0.6 is 11.6 Å². The Morgan fingerprint density at radius 2 is 2.14 bits per heavy atom. The Bertz CT molecular complexity index is 286. The largest absolute Gasteiger partial charge is 0.368 e. The van der Waals surface area contributed by atoms with Crippen LogP contribution in [0.1, 0.15) is 26.0 Å². The number of aryl methyl sites for hydroxylation is 1. The number of hydrogen-bond acceptors (Lipinski definition) is 2. The Labute approximate surface area is 90.7 Å². The molecule has 0 amide bonds. The summed E-state index contributed by atoms with van der Waals surface area (Å²) in [7, 11) is 0. The van der Waals surface area contributed by atoms with Gasteiger partial charge in [0, 0.05) is 17.1 Å². The van der Waals surface area contributed by atoms with Crippen LogP contribution in [0.3, 0.4) is 0 Å². The molecule has 0 aliphatic heterocycles. The van der Waals surface area contributed by atoms with Crippen LogP contribution in [-0.2, 0) is 0 Å². The summed E-state index contributed by atoms with van der Waals surface area (Å²) in [6.07, 6.45) is 0.942. The lowest BCUT2D eigenvalue weighted by Gasteiger charge is -2.15. The van der Waals surface area contributed by atoms with Crippen molar-refractivity contribution in [3.63, 3.8) is 0 Å². The summed E-state index contributed by atoms with van der Waals surface area (Å²) in [4.78, 5) is 4.37. The average Bonchev–Trinajstić information content (AvgIpc) is 2.01. The molecule has 2 unspecified atom stereocenters. The summed E-state index contributed by atoms with van der Waals surface area (Å²) in [6.45, 7) is 6.10. The molecule has 0 bridgehead atoms. The lowest BCUT2D eigenvalue weighted by molar-refractivity contribution is 0.693. The number of nitrogens with zero attached hydrogens (tertiary/aromatic N) is 1. The van der Waals surface area contributed by atoms with Crippen molar-refractivity contribution in [3.05, 3.63) is 23.9 Å². The molecule has 1 aromatic heterocycles. The van der Waals surface area contributed by atoms with Gasteiger partial charge in [-0.3, -0.25) is 0 Å². The van der Waals surface area contributed by atoms with Gasteiger partial charge in [-0.15, -0.1) is 11.6 Å². The van der Waals surface area contributed by atoms with Crippen molar-refractivity contribution in [2.75, 3.05) is 5.32 Å². The van der Waals surface area contributed by atoms with E-state index in [0.717, 1.165) is 17.9 Å². The number of aromatic nitrogens is 1. The minimum atomic E-state index is 0.197. The quantitative estimate of drug-likeness (QED) is 0.776. The van der Waals surface area contributed by atoms with Crippen LogP contribution in [0.15, 0.2) is 18.2 Å². The Kier molecular flexibility index (Phi) is 4.21. The third kappa shape index (κ3) is 3.97. The molecule has 1 rings (SSSR count). The molecule has 2 atom stereocenters. The first kappa shape index (κ1) is 11.3. The Morgan fingerprint density at radius 1 is 1.43 bits per heavy atom. The molecule has 1 heterocycles. The van der Waals surface area contributed by atoms with Gasteiger partial charge in [-0.2, -0.15) is 0 Å². The highest BCUT2D eigenvalue weighted by Crippen LogP contribution is 2.10. The minimum Gasteiger partial charge on any atom is -0.368 e. The summed E-state index contributed by atoms with van der Waals surface area (Å²) in [6, 6.07) is 6.32. The highest BCUT2D eigenvalue weighted by molar-refractivity contribution is 6.20. The molecule has 0 aliphatic carbocycles. The second-order valence-corrected chi connectivity index (χ2v) is 4.47. The zero-order valence-corrected chi connectivity index (χ0v) is 9.67. The molecule has 0 aromatic carbocycles. The number of rotatable bonds is 4. The van der Waals surface area contributed by atoms with E-state index in [1.165, 1.54) is 0 Å². The first-order chi connectivity index (χ1) is 6.58. The maximum Gasteiger partial charge on any atom is 0.126 e. The number of nitrogens with one attached hydrogen (secondary N) is 1. The van der Waals surface area contributed by atoms with Gasteiger partial charge in [-0.05, 0) is 39.3 Å². The predicted octanol–water partition coefficient (Wildman–Crippen LogP) is 3.21. The smallest absolute Gasteiger partial charge is 0.126 e. The minimum absolute atomic E-state index is 0.197. The SMILES string of the molecule is Cc1cccc(NC(C)CC(C)Cl)n1. The summed E-state index contributed by atoms with van der Waals surface area (Å²) < 4.78 is 0. The molecule has 0 spiro atoms.